The predicted molar refractivity (Wildman–Crippen MR) is 75.9 cm³/mol. The molecule has 0 spiro atoms. The molecule has 0 atom stereocenters. The maximum absolute atomic E-state index is 11.6. The van der Waals surface area contributed by atoms with Gasteiger partial charge in [-0.2, -0.15) is 0 Å². The zero-order chi connectivity index (χ0) is 15.2. The molecule has 0 radical (unpaired) electrons. The van der Waals surface area contributed by atoms with Crippen LogP contribution in [0.4, 0.5) is 16.3 Å². The first-order valence-electron chi connectivity index (χ1n) is 6.15. The second-order valence-corrected chi connectivity index (χ2v) is 4.30. The van der Waals surface area contributed by atoms with E-state index in [4.69, 9.17) is 4.74 Å². The largest absolute Gasteiger partial charge is 0.444 e. The molecule has 1 N–H and O–H groups in total. The summed E-state index contributed by atoms with van der Waals surface area (Å²) in [6, 6.07) is 10.6. The van der Waals surface area contributed by atoms with Crippen molar-refractivity contribution in [1.29, 1.82) is 0 Å². The number of nitrogens with one attached hydrogen (secondary N) is 1. The molecule has 108 valence electrons. The van der Waals surface area contributed by atoms with Crippen molar-refractivity contribution >= 4 is 17.6 Å². The van der Waals surface area contributed by atoms with Gasteiger partial charge in [-0.05, 0) is 18.6 Å². The van der Waals surface area contributed by atoms with Crippen LogP contribution in [0, 0.1) is 17.0 Å². The van der Waals surface area contributed by atoms with Gasteiger partial charge < -0.3 is 4.74 Å². The van der Waals surface area contributed by atoms with Crippen LogP contribution in [0.2, 0.25) is 0 Å². The van der Waals surface area contributed by atoms with E-state index in [9.17, 15) is 14.9 Å². The zero-order valence-electron chi connectivity index (χ0n) is 11.3. The number of ether oxygens (including phenoxy) is 1. The van der Waals surface area contributed by atoms with Crippen molar-refractivity contribution in [2.24, 2.45) is 0 Å². The Kier molecular flexibility index (Phi) is 4.45. The number of aromatic nitrogens is 1. The van der Waals surface area contributed by atoms with E-state index in [0.29, 0.717) is 5.56 Å². The number of aryl methyl sites for hydroxylation is 1. The highest BCUT2D eigenvalue weighted by Gasteiger charge is 2.13. The summed E-state index contributed by atoms with van der Waals surface area (Å²) in [6.45, 7) is 1.71. The number of rotatable bonds is 4. The third-order valence-electron chi connectivity index (χ3n) is 2.72. The fourth-order valence-electron chi connectivity index (χ4n) is 1.67. The number of hydrogen-bond acceptors (Lipinski definition) is 5. The number of carbonyl (C=O) groups is 1. The summed E-state index contributed by atoms with van der Waals surface area (Å²) in [4.78, 5) is 25.6. The highest BCUT2D eigenvalue weighted by atomic mass is 16.6. The highest BCUT2D eigenvalue weighted by molar-refractivity contribution is 5.83. The summed E-state index contributed by atoms with van der Waals surface area (Å²) in [7, 11) is 0. The maximum Gasteiger partial charge on any atom is 0.413 e. The number of amides is 1. The molecular formula is C14H13N3O4. The van der Waals surface area contributed by atoms with Gasteiger partial charge in [-0.1, -0.05) is 30.3 Å². The van der Waals surface area contributed by atoms with Gasteiger partial charge in [0.25, 0.3) is 5.69 Å². The van der Waals surface area contributed by atoms with Crippen molar-refractivity contribution in [2.45, 2.75) is 13.5 Å². The fraction of sp³-hybridized carbons (Fsp3) is 0.143. The van der Waals surface area contributed by atoms with E-state index in [0.717, 1.165) is 11.8 Å². The topological polar surface area (TPSA) is 94.4 Å². The van der Waals surface area contributed by atoms with Gasteiger partial charge in [0.2, 0.25) is 0 Å². The van der Waals surface area contributed by atoms with Crippen LogP contribution in [0.5, 0.6) is 0 Å². The van der Waals surface area contributed by atoms with Gasteiger partial charge in [0, 0.05) is 5.56 Å². The molecule has 1 aromatic carbocycles. The molecule has 2 rings (SSSR count). The molecule has 1 aromatic heterocycles. The zero-order valence-corrected chi connectivity index (χ0v) is 11.3. The average molecular weight is 287 g/mol. The summed E-state index contributed by atoms with van der Waals surface area (Å²) in [5.74, 6) is 0.205. The average Bonchev–Trinajstić information content (AvgIpc) is 2.46. The third-order valence-corrected chi connectivity index (χ3v) is 2.72. The minimum Gasteiger partial charge on any atom is -0.444 e. The number of carbonyl (C=O) groups excluding carboxylic acids is 1. The minimum absolute atomic E-state index is 0.0989. The predicted octanol–water partition coefficient (Wildman–Crippen LogP) is 3.05. The van der Waals surface area contributed by atoms with Gasteiger partial charge in [0.1, 0.15) is 18.6 Å². The van der Waals surface area contributed by atoms with E-state index in [1.165, 1.54) is 6.07 Å². The number of pyridine rings is 1. The second-order valence-electron chi connectivity index (χ2n) is 4.30. The van der Waals surface area contributed by atoms with Crippen LogP contribution in [0.3, 0.4) is 0 Å². The van der Waals surface area contributed by atoms with E-state index in [1.807, 2.05) is 30.3 Å². The quantitative estimate of drug-likeness (QED) is 0.689. The lowest BCUT2D eigenvalue weighted by Gasteiger charge is -2.07. The lowest BCUT2D eigenvalue weighted by Crippen LogP contribution is -2.14. The van der Waals surface area contributed by atoms with Crippen molar-refractivity contribution in [1.82, 2.24) is 4.98 Å². The molecule has 21 heavy (non-hydrogen) atoms. The van der Waals surface area contributed by atoms with Crippen molar-refractivity contribution in [2.75, 3.05) is 5.32 Å². The van der Waals surface area contributed by atoms with Crippen LogP contribution in [0.15, 0.2) is 42.6 Å². The van der Waals surface area contributed by atoms with Gasteiger partial charge >= 0.3 is 6.09 Å². The standard InChI is InChI=1S/C14H13N3O4/c1-10-7-13(15-8-12(10)17(19)20)16-14(18)21-9-11-5-3-2-4-6-11/h2-8H,9H2,1H3,(H,15,16,18). The molecule has 0 saturated heterocycles. The fourth-order valence-corrected chi connectivity index (χ4v) is 1.67. The van der Waals surface area contributed by atoms with Gasteiger partial charge in [0.15, 0.2) is 0 Å². The van der Waals surface area contributed by atoms with Crippen molar-refractivity contribution in [3.05, 3.63) is 63.8 Å². The molecule has 7 heteroatoms. The summed E-state index contributed by atoms with van der Waals surface area (Å²) >= 11 is 0. The highest BCUT2D eigenvalue weighted by Crippen LogP contribution is 2.18. The molecule has 2 aromatic rings. The van der Waals surface area contributed by atoms with Gasteiger partial charge in [-0.15, -0.1) is 0 Å². The summed E-state index contributed by atoms with van der Waals surface area (Å²) < 4.78 is 5.03. The number of nitrogens with zero attached hydrogens (tertiary/aromatic N) is 2. The molecule has 0 unspecified atom stereocenters. The van der Waals surface area contributed by atoms with Crippen LogP contribution in [-0.2, 0) is 11.3 Å². The second kappa shape index (κ2) is 6.47. The summed E-state index contributed by atoms with van der Waals surface area (Å²) in [6.07, 6.45) is 0.432. The molecule has 1 heterocycles. The number of benzene rings is 1. The molecule has 7 nitrogen and oxygen atoms in total. The monoisotopic (exact) mass is 287 g/mol. The summed E-state index contributed by atoms with van der Waals surface area (Å²) in [5.41, 5.74) is 1.17. The van der Waals surface area contributed by atoms with Crippen molar-refractivity contribution in [3.8, 4) is 0 Å². The first-order valence-corrected chi connectivity index (χ1v) is 6.15. The molecule has 0 saturated carbocycles. The van der Waals surface area contributed by atoms with Gasteiger partial charge in [0.05, 0.1) is 4.92 Å². The lowest BCUT2D eigenvalue weighted by atomic mass is 10.2. The van der Waals surface area contributed by atoms with Crippen LogP contribution in [-0.4, -0.2) is 16.0 Å². The SMILES string of the molecule is Cc1cc(NC(=O)OCc2ccccc2)ncc1[N+](=O)[O-]. The van der Waals surface area contributed by atoms with E-state index >= 15 is 0 Å². The summed E-state index contributed by atoms with van der Waals surface area (Å²) in [5, 5.41) is 13.1. The van der Waals surface area contributed by atoms with E-state index in [1.54, 1.807) is 6.92 Å². The van der Waals surface area contributed by atoms with Crippen LogP contribution in [0.25, 0.3) is 0 Å². The lowest BCUT2D eigenvalue weighted by molar-refractivity contribution is -0.385. The molecule has 0 bridgehead atoms. The van der Waals surface area contributed by atoms with Gasteiger partial charge in [-0.3, -0.25) is 15.4 Å². The number of hydrogen-bond donors (Lipinski definition) is 1. The van der Waals surface area contributed by atoms with Gasteiger partial charge in [-0.25, -0.2) is 9.78 Å². The molecule has 0 aliphatic heterocycles. The van der Waals surface area contributed by atoms with Crippen LogP contribution >= 0.6 is 0 Å². The Balaban J connectivity index is 1.94. The first kappa shape index (κ1) is 14.4. The first-order chi connectivity index (χ1) is 10.1. The molecular weight excluding hydrogens is 274 g/mol. The normalized spacial score (nSPS) is 9.95. The smallest absolute Gasteiger partial charge is 0.413 e. The van der Waals surface area contributed by atoms with Crippen LogP contribution in [0.1, 0.15) is 11.1 Å². The Morgan fingerprint density at radius 3 is 2.71 bits per heavy atom. The van der Waals surface area contributed by atoms with E-state index in [-0.39, 0.29) is 18.1 Å². The number of anilines is 1. The number of nitro groups is 1. The Morgan fingerprint density at radius 2 is 2.10 bits per heavy atom. The third kappa shape index (κ3) is 4.00. The van der Waals surface area contributed by atoms with Crippen molar-refractivity contribution in [3.63, 3.8) is 0 Å². The van der Waals surface area contributed by atoms with Crippen molar-refractivity contribution < 1.29 is 14.5 Å². The Labute approximate surface area is 120 Å². The molecule has 1 amide bonds. The Bertz CT molecular complexity index is 659. The molecule has 0 aliphatic carbocycles. The Morgan fingerprint density at radius 1 is 1.38 bits per heavy atom. The maximum atomic E-state index is 11.6. The van der Waals surface area contributed by atoms with E-state index < -0.39 is 11.0 Å². The molecule has 0 fully saturated rings. The Hall–Kier alpha value is -2.96. The molecule has 0 aliphatic rings. The van der Waals surface area contributed by atoms with E-state index in [2.05, 4.69) is 10.3 Å². The minimum atomic E-state index is -0.667. The van der Waals surface area contributed by atoms with Crippen LogP contribution < -0.4 is 5.32 Å².